The number of thioether (sulfide) groups is 1. The molecule has 7 heteroatoms. The SMILES string of the molecule is C[C@@]12CC[C@@](CCSc3ccc(F)cc3)(O1)[C@H]1C(=O)N(c3ccc(C#N)c4ccccc34)C(=O)[C@H]12. The molecule has 3 aliphatic heterocycles. The second kappa shape index (κ2) is 7.91. The first-order valence-corrected chi connectivity index (χ1v) is 12.7. The van der Waals surface area contributed by atoms with Gasteiger partial charge in [0.25, 0.3) is 0 Å². The third-order valence-electron chi connectivity index (χ3n) is 7.88. The Morgan fingerprint density at radius 1 is 1.03 bits per heavy atom. The fraction of sp³-hybridized carbons (Fsp3) is 0.321. The Kier molecular flexibility index (Phi) is 5.03. The summed E-state index contributed by atoms with van der Waals surface area (Å²) in [5.41, 5.74) is -0.318. The average Bonchev–Trinajstić information content (AvgIpc) is 3.44. The number of rotatable bonds is 5. The molecule has 3 heterocycles. The monoisotopic (exact) mass is 486 g/mol. The van der Waals surface area contributed by atoms with Gasteiger partial charge in [-0.15, -0.1) is 11.8 Å². The van der Waals surface area contributed by atoms with Crippen LogP contribution in [0.1, 0.15) is 31.7 Å². The number of nitriles is 1. The summed E-state index contributed by atoms with van der Waals surface area (Å²) in [5.74, 6) is -1.06. The normalized spacial score (nSPS) is 29.1. The summed E-state index contributed by atoms with van der Waals surface area (Å²) in [6.45, 7) is 1.96. The third-order valence-corrected chi connectivity index (χ3v) is 8.90. The Labute approximate surface area is 206 Å². The van der Waals surface area contributed by atoms with Crippen molar-refractivity contribution >= 4 is 40.0 Å². The lowest BCUT2D eigenvalue weighted by atomic mass is 9.67. The highest BCUT2D eigenvalue weighted by Gasteiger charge is 2.73. The van der Waals surface area contributed by atoms with Crippen LogP contribution in [0.5, 0.6) is 0 Å². The molecule has 0 unspecified atom stereocenters. The van der Waals surface area contributed by atoms with Crippen molar-refractivity contribution < 1.29 is 18.7 Å². The van der Waals surface area contributed by atoms with Gasteiger partial charge in [-0.2, -0.15) is 5.26 Å². The van der Waals surface area contributed by atoms with Crippen molar-refractivity contribution in [1.82, 2.24) is 0 Å². The lowest BCUT2D eigenvalue weighted by molar-refractivity contribution is -0.130. The van der Waals surface area contributed by atoms with Crippen molar-refractivity contribution in [3.8, 4) is 6.07 Å². The van der Waals surface area contributed by atoms with Crippen LogP contribution < -0.4 is 4.90 Å². The highest BCUT2D eigenvalue weighted by Crippen LogP contribution is 2.62. The van der Waals surface area contributed by atoms with Gasteiger partial charge in [0.2, 0.25) is 11.8 Å². The van der Waals surface area contributed by atoms with Crippen LogP contribution in [0.4, 0.5) is 10.1 Å². The van der Waals surface area contributed by atoms with E-state index >= 15 is 0 Å². The molecule has 3 aromatic rings. The summed E-state index contributed by atoms with van der Waals surface area (Å²) >= 11 is 1.60. The second-order valence-corrected chi connectivity index (χ2v) is 11.0. The molecule has 3 aliphatic rings. The molecule has 3 aromatic carbocycles. The highest BCUT2D eigenvalue weighted by atomic mass is 32.2. The predicted octanol–water partition coefficient (Wildman–Crippen LogP) is 5.46. The largest absolute Gasteiger partial charge is 0.367 e. The Bertz CT molecular complexity index is 1420. The molecular weight excluding hydrogens is 463 g/mol. The van der Waals surface area contributed by atoms with E-state index in [9.17, 15) is 19.2 Å². The number of hydrogen-bond donors (Lipinski definition) is 0. The molecule has 0 radical (unpaired) electrons. The van der Waals surface area contributed by atoms with Gasteiger partial charge in [0.1, 0.15) is 5.82 Å². The van der Waals surface area contributed by atoms with Crippen molar-refractivity contribution in [2.24, 2.45) is 11.8 Å². The molecule has 5 nitrogen and oxygen atoms in total. The summed E-state index contributed by atoms with van der Waals surface area (Å²) in [4.78, 5) is 30.0. The molecule has 0 aromatic heterocycles. The molecule has 4 atom stereocenters. The van der Waals surface area contributed by atoms with E-state index in [0.717, 1.165) is 23.1 Å². The van der Waals surface area contributed by atoms with Gasteiger partial charge in [-0.25, -0.2) is 9.29 Å². The summed E-state index contributed by atoms with van der Waals surface area (Å²) in [6.07, 6.45) is 2.10. The predicted molar refractivity (Wildman–Crippen MR) is 131 cm³/mol. The van der Waals surface area contributed by atoms with E-state index in [2.05, 4.69) is 6.07 Å². The van der Waals surface area contributed by atoms with Crippen LogP contribution in [0.2, 0.25) is 0 Å². The number of imide groups is 1. The lowest BCUT2D eigenvalue weighted by Crippen LogP contribution is -2.42. The van der Waals surface area contributed by atoms with Crippen molar-refractivity contribution in [3.63, 3.8) is 0 Å². The van der Waals surface area contributed by atoms with Gasteiger partial charge < -0.3 is 4.74 Å². The van der Waals surface area contributed by atoms with Crippen molar-refractivity contribution in [3.05, 3.63) is 72.0 Å². The van der Waals surface area contributed by atoms with Crippen LogP contribution in [0.3, 0.4) is 0 Å². The van der Waals surface area contributed by atoms with Crippen molar-refractivity contribution in [2.45, 2.75) is 42.3 Å². The summed E-state index contributed by atoms with van der Waals surface area (Å²) in [5, 5.41) is 11.0. The molecule has 6 rings (SSSR count). The number of benzene rings is 3. The topological polar surface area (TPSA) is 70.4 Å². The van der Waals surface area contributed by atoms with Gasteiger partial charge >= 0.3 is 0 Å². The molecule has 0 N–H and O–H groups in total. The minimum atomic E-state index is -0.684. The number of carbonyl (C=O) groups is 2. The van der Waals surface area contributed by atoms with E-state index in [0.29, 0.717) is 28.8 Å². The van der Waals surface area contributed by atoms with Gasteiger partial charge in [0, 0.05) is 21.4 Å². The maximum absolute atomic E-state index is 13.9. The minimum Gasteiger partial charge on any atom is -0.367 e. The molecule has 35 heavy (non-hydrogen) atoms. The van der Waals surface area contributed by atoms with Gasteiger partial charge in [0.15, 0.2) is 0 Å². The minimum absolute atomic E-state index is 0.217. The molecule has 0 saturated carbocycles. The summed E-state index contributed by atoms with van der Waals surface area (Å²) in [7, 11) is 0. The maximum atomic E-state index is 13.9. The standard InChI is InChI=1S/C28H23FN2O3S/c1-27-12-13-28(34-27,14-15-35-19-9-7-18(29)8-10-19)24-23(27)25(32)31(26(24)33)22-11-6-17(16-30)20-4-2-3-5-21(20)22/h2-11,23-24H,12-15H2,1H3/t23-,24+,27-,28-/m0/s1. The van der Waals surface area contributed by atoms with Crippen molar-refractivity contribution in [2.75, 3.05) is 10.7 Å². The zero-order valence-corrected chi connectivity index (χ0v) is 20.0. The van der Waals surface area contributed by atoms with E-state index in [1.54, 1.807) is 36.0 Å². The number of hydrogen-bond acceptors (Lipinski definition) is 5. The van der Waals surface area contributed by atoms with Crippen molar-refractivity contribution in [1.29, 1.82) is 5.26 Å². The maximum Gasteiger partial charge on any atom is 0.240 e. The molecule has 3 fully saturated rings. The van der Waals surface area contributed by atoms with Crippen LogP contribution in [0, 0.1) is 29.0 Å². The molecule has 176 valence electrons. The molecule has 2 amide bonds. The van der Waals surface area contributed by atoms with Gasteiger partial charge in [-0.3, -0.25) is 9.59 Å². The van der Waals surface area contributed by atoms with Crippen LogP contribution in [0.15, 0.2) is 65.6 Å². The number of anilines is 1. The molecule has 0 spiro atoms. The lowest BCUT2D eigenvalue weighted by Gasteiger charge is -2.31. The Morgan fingerprint density at radius 3 is 2.49 bits per heavy atom. The number of halogens is 1. The Hall–Kier alpha value is -3.21. The zero-order valence-electron chi connectivity index (χ0n) is 19.2. The third kappa shape index (κ3) is 3.24. The zero-order chi connectivity index (χ0) is 24.4. The Morgan fingerprint density at radius 2 is 1.74 bits per heavy atom. The first-order chi connectivity index (χ1) is 16.9. The summed E-state index contributed by atoms with van der Waals surface area (Å²) < 4.78 is 19.8. The van der Waals surface area contributed by atoms with E-state index in [1.165, 1.54) is 17.0 Å². The quantitative estimate of drug-likeness (QED) is 0.354. The second-order valence-electron chi connectivity index (χ2n) is 9.79. The molecule has 2 bridgehead atoms. The fourth-order valence-electron chi connectivity index (χ4n) is 6.30. The van der Waals surface area contributed by atoms with E-state index in [1.807, 2.05) is 31.2 Å². The van der Waals surface area contributed by atoms with Gasteiger partial charge in [-0.05, 0) is 62.6 Å². The van der Waals surface area contributed by atoms with E-state index in [4.69, 9.17) is 4.74 Å². The fourth-order valence-corrected chi connectivity index (χ4v) is 7.31. The average molecular weight is 487 g/mol. The highest BCUT2D eigenvalue weighted by molar-refractivity contribution is 7.99. The number of ether oxygens (including phenoxy) is 1. The number of amides is 2. The van der Waals surface area contributed by atoms with E-state index < -0.39 is 23.0 Å². The smallest absolute Gasteiger partial charge is 0.240 e. The van der Waals surface area contributed by atoms with Gasteiger partial charge in [0.05, 0.1) is 40.4 Å². The Balaban J connectivity index is 1.33. The summed E-state index contributed by atoms with van der Waals surface area (Å²) in [6, 6.07) is 19.3. The number of carbonyl (C=O) groups excluding carboxylic acids is 2. The molecular formula is C28H23FN2O3S. The number of nitrogens with zero attached hydrogens (tertiary/aromatic N) is 2. The first-order valence-electron chi connectivity index (χ1n) is 11.8. The van der Waals surface area contributed by atoms with Crippen LogP contribution in [0.25, 0.3) is 10.8 Å². The van der Waals surface area contributed by atoms with Crippen LogP contribution in [-0.2, 0) is 14.3 Å². The van der Waals surface area contributed by atoms with Crippen LogP contribution in [-0.4, -0.2) is 28.8 Å². The van der Waals surface area contributed by atoms with Gasteiger partial charge in [-0.1, -0.05) is 24.3 Å². The number of fused-ring (bicyclic) bond motifs is 6. The first kappa shape index (κ1) is 22.3. The van der Waals surface area contributed by atoms with Crippen LogP contribution >= 0.6 is 11.8 Å². The molecule has 3 saturated heterocycles. The van der Waals surface area contributed by atoms with E-state index in [-0.39, 0.29) is 17.6 Å². The molecule has 0 aliphatic carbocycles.